The summed E-state index contributed by atoms with van der Waals surface area (Å²) in [4.78, 5) is 19.8. The van der Waals surface area contributed by atoms with Crippen molar-refractivity contribution in [3.8, 4) is 0 Å². The molecular weight excluding hydrogens is 383 g/mol. The molecule has 0 radical (unpaired) electrons. The molecule has 2 aromatic heterocycles. The fourth-order valence-electron chi connectivity index (χ4n) is 2.59. The second-order valence-electron chi connectivity index (χ2n) is 6.09. The molecule has 0 spiro atoms. The van der Waals surface area contributed by atoms with Crippen LogP contribution in [0.25, 0.3) is 16.5 Å². The number of fused-ring (bicyclic) bond motifs is 1. The molecule has 6 nitrogen and oxygen atoms in total. The normalized spacial score (nSPS) is 12.5. The van der Waals surface area contributed by atoms with E-state index in [0.717, 1.165) is 23.3 Å². The number of pyridine rings is 1. The van der Waals surface area contributed by atoms with E-state index in [9.17, 15) is 18.0 Å². The van der Waals surface area contributed by atoms with Crippen LogP contribution in [-0.2, 0) is 6.18 Å². The Morgan fingerprint density at radius 1 is 1.28 bits per heavy atom. The van der Waals surface area contributed by atoms with Crippen molar-refractivity contribution in [2.45, 2.75) is 13.1 Å². The van der Waals surface area contributed by atoms with Crippen LogP contribution in [0.15, 0.2) is 59.9 Å². The molecule has 0 unspecified atom stereocenters. The summed E-state index contributed by atoms with van der Waals surface area (Å²) in [7, 11) is 0. The first-order valence-corrected chi connectivity index (χ1v) is 8.42. The number of rotatable bonds is 5. The average molecular weight is 399 g/mol. The second-order valence-corrected chi connectivity index (χ2v) is 6.09. The van der Waals surface area contributed by atoms with E-state index in [1.165, 1.54) is 0 Å². The first kappa shape index (κ1) is 20.0. The minimum absolute atomic E-state index is 0.00607. The number of carbonyl (C=O) groups is 1. The van der Waals surface area contributed by atoms with E-state index in [-0.39, 0.29) is 11.5 Å². The van der Waals surface area contributed by atoms with Gasteiger partial charge in [0.15, 0.2) is 5.69 Å². The van der Waals surface area contributed by atoms with E-state index >= 15 is 0 Å². The lowest BCUT2D eigenvalue weighted by Crippen LogP contribution is -2.14. The van der Waals surface area contributed by atoms with Crippen LogP contribution in [0, 0.1) is 0 Å². The standard InChI is InChI=1S/C20H16F3N5O/c1-12(4-3-9-24-2)13-5-7-16-15(10-13)18(28-27-16)19(29)26-17-8-6-14(11-25-17)20(21,22)23/h3-11H,2H2,1H3,(H,27,28)(H,25,26,29)/b9-3-,12-4+. The van der Waals surface area contributed by atoms with Gasteiger partial charge < -0.3 is 5.32 Å². The van der Waals surface area contributed by atoms with Gasteiger partial charge in [0, 0.05) is 17.8 Å². The van der Waals surface area contributed by atoms with Gasteiger partial charge in [-0.05, 0) is 55.1 Å². The number of alkyl halides is 3. The third kappa shape index (κ3) is 4.57. The number of allylic oxidation sites excluding steroid dienone is 3. The highest BCUT2D eigenvalue weighted by Gasteiger charge is 2.30. The van der Waals surface area contributed by atoms with Gasteiger partial charge in [-0.3, -0.25) is 14.9 Å². The summed E-state index contributed by atoms with van der Waals surface area (Å²) in [6.07, 6.45) is 1.31. The average Bonchev–Trinajstić information content (AvgIpc) is 3.11. The van der Waals surface area contributed by atoms with E-state index in [4.69, 9.17) is 0 Å². The number of amides is 1. The number of halogens is 3. The Balaban J connectivity index is 1.86. The van der Waals surface area contributed by atoms with Gasteiger partial charge in [0.2, 0.25) is 0 Å². The summed E-state index contributed by atoms with van der Waals surface area (Å²) in [5.41, 5.74) is 1.67. The fraction of sp³-hybridized carbons (Fsp3) is 0.100. The quantitative estimate of drug-likeness (QED) is 0.475. The van der Waals surface area contributed by atoms with Crippen molar-refractivity contribution < 1.29 is 18.0 Å². The highest BCUT2D eigenvalue weighted by molar-refractivity contribution is 6.11. The lowest BCUT2D eigenvalue weighted by molar-refractivity contribution is -0.137. The zero-order valence-electron chi connectivity index (χ0n) is 15.3. The molecule has 0 aliphatic heterocycles. The van der Waals surface area contributed by atoms with E-state index in [1.54, 1.807) is 24.4 Å². The van der Waals surface area contributed by atoms with E-state index in [2.05, 4.69) is 32.2 Å². The van der Waals surface area contributed by atoms with Crippen molar-refractivity contribution in [1.29, 1.82) is 0 Å². The van der Waals surface area contributed by atoms with Crippen LogP contribution in [0.5, 0.6) is 0 Å². The summed E-state index contributed by atoms with van der Waals surface area (Å²) in [6.45, 7) is 5.27. The highest BCUT2D eigenvalue weighted by Crippen LogP contribution is 2.29. The third-order valence-corrected chi connectivity index (χ3v) is 4.10. The number of aliphatic imine (C=N–C) groups is 1. The van der Waals surface area contributed by atoms with Crippen molar-refractivity contribution in [3.05, 3.63) is 71.7 Å². The zero-order valence-corrected chi connectivity index (χ0v) is 15.3. The molecule has 148 valence electrons. The van der Waals surface area contributed by atoms with E-state index in [1.807, 2.05) is 19.1 Å². The van der Waals surface area contributed by atoms with E-state index < -0.39 is 17.6 Å². The second kappa shape index (κ2) is 8.09. The molecule has 3 aromatic rings. The summed E-state index contributed by atoms with van der Waals surface area (Å²) in [5.74, 6) is -0.591. The summed E-state index contributed by atoms with van der Waals surface area (Å²) < 4.78 is 37.9. The van der Waals surface area contributed by atoms with Crippen molar-refractivity contribution in [2.24, 2.45) is 4.99 Å². The lowest BCUT2D eigenvalue weighted by atomic mass is 10.0. The summed E-state index contributed by atoms with van der Waals surface area (Å²) in [6, 6.07) is 7.41. The van der Waals surface area contributed by atoms with Crippen molar-refractivity contribution in [3.63, 3.8) is 0 Å². The van der Waals surface area contributed by atoms with Crippen molar-refractivity contribution in [2.75, 3.05) is 5.32 Å². The zero-order chi connectivity index (χ0) is 21.0. The Morgan fingerprint density at radius 3 is 2.72 bits per heavy atom. The molecule has 2 N–H and O–H groups in total. The lowest BCUT2D eigenvalue weighted by Gasteiger charge is -2.07. The molecule has 1 amide bonds. The number of anilines is 1. The van der Waals surface area contributed by atoms with Gasteiger partial charge in [-0.1, -0.05) is 12.1 Å². The molecule has 0 saturated carbocycles. The Kier molecular flexibility index (Phi) is 5.58. The Labute approximate surface area is 163 Å². The Bertz CT molecular complexity index is 1110. The van der Waals surface area contributed by atoms with Crippen molar-refractivity contribution >= 4 is 34.9 Å². The van der Waals surface area contributed by atoms with Gasteiger partial charge >= 0.3 is 6.18 Å². The molecule has 3 rings (SSSR count). The maximum absolute atomic E-state index is 12.6. The number of hydrogen-bond acceptors (Lipinski definition) is 4. The van der Waals surface area contributed by atoms with Gasteiger partial charge in [-0.2, -0.15) is 18.3 Å². The van der Waals surface area contributed by atoms with Crippen LogP contribution in [0.1, 0.15) is 28.5 Å². The van der Waals surface area contributed by atoms with Gasteiger partial charge in [-0.15, -0.1) is 0 Å². The van der Waals surface area contributed by atoms with Gasteiger partial charge in [0.05, 0.1) is 11.1 Å². The van der Waals surface area contributed by atoms with Gasteiger partial charge in [0.1, 0.15) is 5.82 Å². The van der Waals surface area contributed by atoms with Crippen LogP contribution in [-0.4, -0.2) is 27.8 Å². The van der Waals surface area contributed by atoms with E-state index in [0.29, 0.717) is 17.1 Å². The number of nitrogens with zero attached hydrogens (tertiary/aromatic N) is 3. The SMILES string of the molecule is C=N/C=C\C=C(/C)c1ccc2[nH]nc(C(=O)Nc3ccc(C(F)(F)F)cn3)c2c1. The minimum atomic E-state index is -4.49. The van der Waals surface area contributed by atoms with Gasteiger partial charge in [0.25, 0.3) is 5.91 Å². The molecule has 0 atom stereocenters. The summed E-state index contributed by atoms with van der Waals surface area (Å²) in [5, 5.41) is 9.82. The molecule has 2 heterocycles. The molecule has 0 fully saturated rings. The number of aromatic nitrogens is 3. The van der Waals surface area contributed by atoms with Crippen LogP contribution >= 0.6 is 0 Å². The monoisotopic (exact) mass is 399 g/mol. The molecule has 1 aromatic carbocycles. The number of H-pyrrole nitrogens is 1. The maximum atomic E-state index is 12.6. The first-order chi connectivity index (χ1) is 13.8. The van der Waals surface area contributed by atoms with Gasteiger partial charge in [-0.25, -0.2) is 4.98 Å². The number of benzene rings is 1. The molecular formula is C20H16F3N5O. The van der Waals surface area contributed by atoms with Crippen LogP contribution in [0.4, 0.5) is 19.0 Å². The predicted octanol–water partition coefficient (Wildman–Crippen LogP) is 4.85. The largest absolute Gasteiger partial charge is 0.417 e. The first-order valence-electron chi connectivity index (χ1n) is 8.42. The van der Waals surface area contributed by atoms with Crippen LogP contribution in [0.2, 0.25) is 0 Å². The van der Waals surface area contributed by atoms with Crippen LogP contribution in [0.3, 0.4) is 0 Å². The topological polar surface area (TPSA) is 83.0 Å². The summed E-state index contributed by atoms with van der Waals surface area (Å²) >= 11 is 0. The predicted molar refractivity (Wildman–Crippen MR) is 106 cm³/mol. The minimum Gasteiger partial charge on any atom is -0.305 e. The molecule has 9 heteroatoms. The molecule has 0 aliphatic rings. The van der Waals surface area contributed by atoms with Crippen molar-refractivity contribution in [1.82, 2.24) is 15.2 Å². The van der Waals surface area contributed by atoms with Crippen LogP contribution < -0.4 is 5.32 Å². The smallest absolute Gasteiger partial charge is 0.305 e. The fourth-order valence-corrected chi connectivity index (χ4v) is 2.59. The number of carbonyl (C=O) groups excluding carboxylic acids is 1. The molecule has 29 heavy (non-hydrogen) atoms. The Morgan fingerprint density at radius 2 is 2.07 bits per heavy atom. The molecule has 0 aliphatic carbocycles. The number of aromatic amines is 1. The third-order valence-electron chi connectivity index (χ3n) is 4.10. The number of hydrogen-bond donors (Lipinski definition) is 2. The number of nitrogens with one attached hydrogen (secondary N) is 2. The maximum Gasteiger partial charge on any atom is 0.417 e. The Hall–Kier alpha value is -3.75. The highest BCUT2D eigenvalue weighted by atomic mass is 19.4. The molecule has 0 bridgehead atoms. The molecule has 0 saturated heterocycles.